The number of nitrogens with two attached hydrogens (primary N) is 1. The van der Waals surface area contributed by atoms with Gasteiger partial charge >= 0.3 is 6.09 Å². The molecule has 2 heterocycles. The second-order valence-corrected chi connectivity index (χ2v) is 10.8. The quantitative estimate of drug-likeness (QED) is 0.341. The van der Waals surface area contributed by atoms with Crippen LogP contribution in [0.1, 0.15) is 51.4 Å². The lowest BCUT2D eigenvalue weighted by atomic mass is 10.0. The summed E-state index contributed by atoms with van der Waals surface area (Å²) in [5.41, 5.74) is 7.48. The highest BCUT2D eigenvalue weighted by molar-refractivity contribution is 5.75. The Bertz CT molecular complexity index is 1390. The van der Waals surface area contributed by atoms with E-state index < -0.39 is 23.9 Å². The van der Waals surface area contributed by atoms with Gasteiger partial charge in [-0.2, -0.15) is 0 Å². The fourth-order valence-corrected chi connectivity index (χ4v) is 4.64. The summed E-state index contributed by atoms with van der Waals surface area (Å²) in [7, 11) is 1.56. The number of nitrogens with zero attached hydrogens (tertiary/aromatic N) is 3. The van der Waals surface area contributed by atoms with Gasteiger partial charge in [0.2, 0.25) is 0 Å². The van der Waals surface area contributed by atoms with Gasteiger partial charge < -0.3 is 29.7 Å². The van der Waals surface area contributed by atoms with Crippen LogP contribution in [0.4, 0.5) is 29.5 Å². The lowest BCUT2D eigenvalue weighted by Gasteiger charge is -2.37. The minimum absolute atomic E-state index is 0.0264. The number of carbonyl (C=O) groups is 1. The van der Waals surface area contributed by atoms with Crippen LogP contribution in [0, 0.1) is 5.82 Å². The SMILES string of the molecule is COc1cc(N2CCN(C(=O)OC(C)(C)C)CC2)ccc1-c1cnc(N)c(OC(C)c2cc(F)ccc2C(F)F)c1. The molecule has 4 rings (SSSR count). The molecule has 0 radical (unpaired) electrons. The lowest BCUT2D eigenvalue weighted by molar-refractivity contribution is 0.0240. The first-order valence-corrected chi connectivity index (χ1v) is 13.3. The summed E-state index contributed by atoms with van der Waals surface area (Å²) in [4.78, 5) is 20.5. The van der Waals surface area contributed by atoms with E-state index >= 15 is 0 Å². The fourth-order valence-electron chi connectivity index (χ4n) is 4.64. The van der Waals surface area contributed by atoms with Crippen molar-refractivity contribution in [2.24, 2.45) is 0 Å². The van der Waals surface area contributed by atoms with Crippen molar-refractivity contribution in [2.75, 3.05) is 43.9 Å². The molecule has 11 heteroatoms. The van der Waals surface area contributed by atoms with Gasteiger partial charge in [-0.15, -0.1) is 0 Å². The van der Waals surface area contributed by atoms with Crippen molar-refractivity contribution in [3.63, 3.8) is 0 Å². The summed E-state index contributed by atoms with van der Waals surface area (Å²) >= 11 is 0. The highest BCUT2D eigenvalue weighted by Gasteiger charge is 2.27. The molecule has 1 amide bonds. The van der Waals surface area contributed by atoms with Crippen molar-refractivity contribution in [1.29, 1.82) is 0 Å². The highest BCUT2D eigenvalue weighted by Crippen LogP contribution is 2.38. The van der Waals surface area contributed by atoms with Crippen LogP contribution >= 0.6 is 0 Å². The highest BCUT2D eigenvalue weighted by atomic mass is 19.3. The number of ether oxygens (including phenoxy) is 3. The Morgan fingerprint density at radius 1 is 1.00 bits per heavy atom. The number of alkyl halides is 2. The summed E-state index contributed by atoms with van der Waals surface area (Å²) in [5, 5.41) is 0. The van der Waals surface area contributed by atoms with Crippen molar-refractivity contribution in [1.82, 2.24) is 9.88 Å². The molecule has 1 aliphatic heterocycles. The van der Waals surface area contributed by atoms with Gasteiger partial charge in [-0.1, -0.05) is 6.07 Å². The van der Waals surface area contributed by atoms with Crippen LogP contribution in [0.15, 0.2) is 48.7 Å². The zero-order valence-electron chi connectivity index (χ0n) is 23.8. The standard InChI is InChI=1S/C30H35F3N4O4/c1-18(24-15-20(31)6-8-23(24)27(32)33)40-26-14-19(17-35-28(26)34)22-9-7-21(16-25(22)39-5)36-10-12-37(13-11-36)29(38)41-30(2,3)4/h6-9,14-18,27H,10-13H2,1-5H3,(H2,34,35). The Kier molecular flexibility index (Phi) is 8.84. The number of carbonyl (C=O) groups excluding carboxylic acids is 1. The van der Waals surface area contributed by atoms with Crippen molar-refractivity contribution in [3.05, 3.63) is 65.6 Å². The zero-order valence-corrected chi connectivity index (χ0v) is 23.8. The van der Waals surface area contributed by atoms with Crippen LogP contribution in [0.3, 0.4) is 0 Å². The number of pyridine rings is 1. The number of piperazine rings is 1. The molecule has 1 aliphatic rings. The number of hydrogen-bond acceptors (Lipinski definition) is 7. The molecular formula is C30H35F3N4O4. The largest absolute Gasteiger partial charge is 0.496 e. The first-order chi connectivity index (χ1) is 19.4. The van der Waals surface area contributed by atoms with E-state index in [4.69, 9.17) is 19.9 Å². The van der Waals surface area contributed by atoms with E-state index in [1.54, 1.807) is 31.2 Å². The number of hydrogen-bond donors (Lipinski definition) is 1. The third kappa shape index (κ3) is 7.14. The Morgan fingerprint density at radius 2 is 1.71 bits per heavy atom. The second-order valence-electron chi connectivity index (χ2n) is 10.8. The van der Waals surface area contributed by atoms with Gasteiger partial charge in [0.1, 0.15) is 23.3 Å². The fraction of sp³-hybridized carbons (Fsp3) is 0.400. The molecule has 1 fully saturated rings. The summed E-state index contributed by atoms with van der Waals surface area (Å²) in [5.74, 6) is 0.168. The predicted molar refractivity (Wildman–Crippen MR) is 151 cm³/mol. The average molecular weight is 573 g/mol. The van der Waals surface area contributed by atoms with Crippen LogP contribution < -0.4 is 20.1 Å². The number of rotatable bonds is 7. The molecule has 1 saturated heterocycles. The summed E-state index contributed by atoms with van der Waals surface area (Å²) in [6.07, 6.45) is -2.47. The van der Waals surface area contributed by atoms with Crippen molar-refractivity contribution in [3.8, 4) is 22.6 Å². The molecular weight excluding hydrogens is 537 g/mol. The third-order valence-electron chi connectivity index (χ3n) is 6.70. The van der Waals surface area contributed by atoms with E-state index in [0.29, 0.717) is 43.1 Å². The van der Waals surface area contributed by atoms with E-state index in [0.717, 1.165) is 23.9 Å². The van der Waals surface area contributed by atoms with Crippen LogP contribution in [-0.4, -0.2) is 54.9 Å². The van der Waals surface area contributed by atoms with Crippen LogP contribution in [0.25, 0.3) is 11.1 Å². The molecule has 0 bridgehead atoms. The number of nitrogen functional groups attached to an aromatic ring is 1. The molecule has 2 aromatic carbocycles. The molecule has 0 aliphatic carbocycles. The summed E-state index contributed by atoms with van der Waals surface area (Å²) in [6.45, 7) is 9.38. The molecule has 1 atom stereocenters. The third-order valence-corrected chi connectivity index (χ3v) is 6.70. The first kappa shape index (κ1) is 29.8. The second kappa shape index (κ2) is 12.2. The van der Waals surface area contributed by atoms with E-state index in [1.165, 1.54) is 0 Å². The number of aromatic nitrogens is 1. The van der Waals surface area contributed by atoms with Crippen LogP contribution in [0.5, 0.6) is 11.5 Å². The number of amides is 1. The predicted octanol–water partition coefficient (Wildman–Crippen LogP) is 6.61. The molecule has 41 heavy (non-hydrogen) atoms. The van der Waals surface area contributed by atoms with Crippen LogP contribution in [-0.2, 0) is 4.74 Å². The number of halogens is 3. The molecule has 0 saturated carbocycles. The Labute approximate surface area is 237 Å². The van der Waals surface area contributed by atoms with Gasteiger partial charge in [0, 0.05) is 66.4 Å². The monoisotopic (exact) mass is 572 g/mol. The molecule has 1 aromatic heterocycles. The van der Waals surface area contributed by atoms with Crippen molar-refractivity contribution < 1.29 is 32.2 Å². The minimum Gasteiger partial charge on any atom is -0.496 e. The molecule has 3 aromatic rings. The Morgan fingerprint density at radius 3 is 2.34 bits per heavy atom. The van der Waals surface area contributed by atoms with E-state index in [9.17, 15) is 18.0 Å². The smallest absolute Gasteiger partial charge is 0.410 e. The maximum Gasteiger partial charge on any atom is 0.410 e. The van der Waals surface area contributed by atoms with Crippen molar-refractivity contribution in [2.45, 2.75) is 45.8 Å². The van der Waals surface area contributed by atoms with Crippen molar-refractivity contribution >= 4 is 17.6 Å². The van der Waals surface area contributed by atoms with Gasteiger partial charge in [0.05, 0.1) is 7.11 Å². The average Bonchev–Trinajstić information content (AvgIpc) is 2.92. The number of methoxy groups -OCH3 is 1. The molecule has 2 N–H and O–H groups in total. The Balaban J connectivity index is 1.52. The van der Waals surface area contributed by atoms with E-state index in [-0.39, 0.29) is 28.8 Å². The maximum absolute atomic E-state index is 13.9. The zero-order chi connectivity index (χ0) is 29.9. The number of benzene rings is 2. The minimum atomic E-state index is -2.79. The first-order valence-electron chi connectivity index (χ1n) is 13.3. The van der Waals surface area contributed by atoms with Gasteiger partial charge in [-0.3, -0.25) is 0 Å². The molecule has 220 valence electrons. The van der Waals surface area contributed by atoms with E-state index in [1.807, 2.05) is 39.0 Å². The summed E-state index contributed by atoms with van der Waals surface area (Å²) < 4.78 is 58.0. The topological polar surface area (TPSA) is 90.2 Å². The van der Waals surface area contributed by atoms with Crippen LogP contribution in [0.2, 0.25) is 0 Å². The van der Waals surface area contributed by atoms with Gasteiger partial charge in [-0.05, 0) is 58.0 Å². The molecule has 8 nitrogen and oxygen atoms in total. The summed E-state index contributed by atoms with van der Waals surface area (Å²) in [6, 6.07) is 10.5. The van der Waals surface area contributed by atoms with E-state index in [2.05, 4.69) is 9.88 Å². The van der Waals surface area contributed by atoms with Gasteiger partial charge in [0.15, 0.2) is 11.6 Å². The number of anilines is 2. The normalized spacial score (nSPS) is 14.7. The maximum atomic E-state index is 13.9. The lowest BCUT2D eigenvalue weighted by Crippen LogP contribution is -2.50. The molecule has 0 spiro atoms. The Hall–Kier alpha value is -4.15. The van der Waals surface area contributed by atoms with Gasteiger partial charge in [-0.25, -0.2) is 22.9 Å². The van der Waals surface area contributed by atoms with Gasteiger partial charge in [0.25, 0.3) is 6.43 Å². The molecule has 1 unspecified atom stereocenters.